The van der Waals surface area contributed by atoms with E-state index in [1.165, 1.54) is 16.7 Å². The average molecular weight is 187 g/mol. The topological polar surface area (TPSA) is 26.0 Å². The number of hydrogen-bond donors (Lipinski definition) is 1. The van der Waals surface area contributed by atoms with Gasteiger partial charge in [-0.1, -0.05) is 37.3 Å². The van der Waals surface area contributed by atoms with Gasteiger partial charge in [-0.15, -0.1) is 0 Å². The second-order valence-corrected chi connectivity index (χ2v) is 3.95. The largest absolute Gasteiger partial charge is 0.324 e. The third kappa shape index (κ3) is 1.88. The summed E-state index contributed by atoms with van der Waals surface area (Å²) in [6, 6.07) is 9.06. The molecule has 1 aromatic carbocycles. The van der Waals surface area contributed by atoms with E-state index in [4.69, 9.17) is 5.73 Å². The number of rotatable bonds is 2. The third-order valence-electron chi connectivity index (χ3n) is 2.87. The Morgan fingerprint density at radius 2 is 2.29 bits per heavy atom. The molecule has 0 aromatic heterocycles. The van der Waals surface area contributed by atoms with E-state index in [-0.39, 0.29) is 6.04 Å². The first-order valence-corrected chi connectivity index (χ1v) is 5.35. The van der Waals surface area contributed by atoms with Gasteiger partial charge < -0.3 is 5.73 Å². The summed E-state index contributed by atoms with van der Waals surface area (Å²) in [6.07, 6.45) is 5.54. The molecule has 1 nitrogen and oxygen atoms in total. The van der Waals surface area contributed by atoms with Gasteiger partial charge in [0.15, 0.2) is 0 Å². The molecular weight excluding hydrogens is 170 g/mol. The molecule has 0 fully saturated rings. The van der Waals surface area contributed by atoms with Crippen molar-refractivity contribution in [3.8, 4) is 0 Å². The number of hydrogen-bond acceptors (Lipinski definition) is 1. The molecule has 0 saturated heterocycles. The summed E-state index contributed by atoms with van der Waals surface area (Å²) in [5.74, 6) is 0. The molecule has 0 aliphatic heterocycles. The number of aryl methyl sites for hydroxylation is 1. The van der Waals surface area contributed by atoms with E-state index in [2.05, 4.69) is 37.3 Å². The van der Waals surface area contributed by atoms with Gasteiger partial charge in [0.25, 0.3) is 0 Å². The van der Waals surface area contributed by atoms with E-state index < -0.39 is 0 Å². The van der Waals surface area contributed by atoms with Crippen molar-refractivity contribution in [2.45, 2.75) is 32.2 Å². The van der Waals surface area contributed by atoms with Gasteiger partial charge in [0.1, 0.15) is 0 Å². The SMILES string of the molecule is CCc1cccc(C2=CC(N)CC2)c1. The Balaban J connectivity index is 2.28. The van der Waals surface area contributed by atoms with Crippen molar-refractivity contribution >= 4 is 5.57 Å². The van der Waals surface area contributed by atoms with E-state index >= 15 is 0 Å². The monoisotopic (exact) mass is 187 g/mol. The molecule has 0 heterocycles. The van der Waals surface area contributed by atoms with Crippen LogP contribution in [0.15, 0.2) is 30.3 Å². The molecule has 0 radical (unpaired) electrons. The van der Waals surface area contributed by atoms with Crippen LogP contribution >= 0.6 is 0 Å². The Kier molecular flexibility index (Phi) is 2.69. The van der Waals surface area contributed by atoms with Crippen LogP contribution in [0.5, 0.6) is 0 Å². The zero-order valence-corrected chi connectivity index (χ0v) is 8.66. The molecule has 0 bridgehead atoms. The first-order valence-electron chi connectivity index (χ1n) is 5.35. The Bertz CT molecular complexity index is 352. The maximum atomic E-state index is 5.86. The van der Waals surface area contributed by atoms with E-state index in [1.807, 2.05) is 0 Å². The van der Waals surface area contributed by atoms with Crippen LogP contribution in [-0.2, 0) is 6.42 Å². The highest BCUT2D eigenvalue weighted by molar-refractivity contribution is 5.68. The second-order valence-electron chi connectivity index (χ2n) is 3.95. The summed E-state index contributed by atoms with van der Waals surface area (Å²) in [4.78, 5) is 0. The summed E-state index contributed by atoms with van der Waals surface area (Å²) < 4.78 is 0. The zero-order chi connectivity index (χ0) is 9.97. The lowest BCUT2D eigenvalue weighted by Crippen LogP contribution is -2.11. The minimum atomic E-state index is 0.273. The fourth-order valence-electron chi connectivity index (χ4n) is 1.98. The quantitative estimate of drug-likeness (QED) is 0.757. The van der Waals surface area contributed by atoms with Crippen molar-refractivity contribution in [3.63, 3.8) is 0 Å². The molecule has 14 heavy (non-hydrogen) atoms. The molecule has 1 aliphatic carbocycles. The molecule has 74 valence electrons. The first-order chi connectivity index (χ1) is 6.79. The molecule has 1 aliphatic rings. The molecular formula is C13H17N. The third-order valence-corrected chi connectivity index (χ3v) is 2.87. The van der Waals surface area contributed by atoms with Gasteiger partial charge >= 0.3 is 0 Å². The summed E-state index contributed by atoms with van der Waals surface area (Å²) in [6.45, 7) is 2.19. The lowest BCUT2D eigenvalue weighted by atomic mass is 10.0. The fraction of sp³-hybridized carbons (Fsp3) is 0.385. The predicted octanol–water partition coefficient (Wildman–Crippen LogP) is 2.75. The Morgan fingerprint density at radius 3 is 2.93 bits per heavy atom. The summed E-state index contributed by atoms with van der Waals surface area (Å²) >= 11 is 0. The Hall–Kier alpha value is -1.08. The van der Waals surface area contributed by atoms with Crippen LogP contribution in [0.3, 0.4) is 0 Å². The molecule has 1 atom stereocenters. The Labute approximate surface area is 85.6 Å². The summed E-state index contributed by atoms with van der Waals surface area (Å²) in [7, 11) is 0. The molecule has 2 N–H and O–H groups in total. The Morgan fingerprint density at radius 1 is 1.43 bits per heavy atom. The highest BCUT2D eigenvalue weighted by atomic mass is 14.6. The van der Waals surface area contributed by atoms with E-state index in [0.717, 1.165) is 19.3 Å². The van der Waals surface area contributed by atoms with Crippen LogP contribution in [-0.4, -0.2) is 6.04 Å². The molecule has 0 spiro atoms. The smallest absolute Gasteiger partial charge is 0.0232 e. The van der Waals surface area contributed by atoms with E-state index in [0.29, 0.717) is 0 Å². The van der Waals surface area contributed by atoms with Crippen molar-refractivity contribution in [2.24, 2.45) is 5.73 Å². The lowest BCUT2D eigenvalue weighted by Gasteiger charge is -2.03. The number of nitrogens with two attached hydrogens (primary N) is 1. The fourth-order valence-corrected chi connectivity index (χ4v) is 1.98. The van der Waals surface area contributed by atoms with Crippen molar-refractivity contribution in [1.29, 1.82) is 0 Å². The molecule has 0 saturated carbocycles. The second kappa shape index (κ2) is 3.97. The van der Waals surface area contributed by atoms with Crippen molar-refractivity contribution in [1.82, 2.24) is 0 Å². The minimum absolute atomic E-state index is 0.273. The van der Waals surface area contributed by atoms with Crippen molar-refractivity contribution < 1.29 is 0 Å². The van der Waals surface area contributed by atoms with Crippen molar-refractivity contribution in [3.05, 3.63) is 41.5 Å². The van der Waals surface area contributed by atoms with Gasteiger partial charge in [0.05, 0.1) is 0 Å². The van der Waals surface area contributed by atoms with Gasteiger partial charge in [0, 0.05) is 6.04 Å². The highest BCUT2D eigenvalue weighted by Gasteiger charge is 2.12. The average Bonchev–Trinajstić information content (AvgIpc) is 2.65. The predicted molar refractivity (Wildman–Crippen MR) is 61.0 cm³/mol. The number of benzene rings is 1. The standard InChI is InChI=1S/C13H17N/c1-2-10-4-3-5-11(8-10)12-6-7-13(14)9-12/h3-5,8-9,13H,2,6-7,14H2,1H3. The highest BCUT2D eigenvalue weighted by Crippen LogP contribution is 2.27. The molecule has 1 unspecified atom stereocenters. The summed E-state index contributed by atoms with van der Waals surface area (Å²) in [5, 5.41) is 0. The van der Waals surface area contributed by atoms with Gasteiger partial charge in [0.2, 0.25) is 0 Å². The van der Waals surface area contributed by atoms with E-state index in [1.54, 1.807) is 0 Å². The first kappa shape index (κ1) is 9.47. The van der Waals surface area contributed by atoms with Crippen LogP contribution < -0.4 is 5.73 Å². The van der Waals surface area contributed by atoms with Crippen LogP contribution in [0, 0.1) is 0 Å². The maximum Gasteiger partial charge on any atom is 0.0232 e. The molecule has 2 rings (SSSR count). The molecule has 0 amide bonds. The van der Waals surface area contributed by atoms with E-state index in [9.17, 15) is 0 Å². The summed E-state index contributed by atoms with van der Waals surface area (Å²) in [5.41, 5.74) is 10.0. The molecule has 1 heteroatoms. The van der Waals surface area contributed by atoms with Gasteiger partial charge in [-0.2, -0.15) is 0 Å². The number of allylic oxidation sites excluding steroid dienone is 1. The van der Waals surface area contributed by atoms with Crippen LogP contribution in [0.25, 0.3) is 5.57 Å². The normalized spacial score (nSPS) is 21.0. The maximum absolute atomic E-state index is 5.86. The van der Waals surface area contributed by atoms with Gasteiger partial charge in [-0.3, -0.25) is 0 Å². The van der Waals surface area contributed by atoms with Gasteiger partial charge in [-0.05, 0) is 36.0 Å². The van der Waals surface area contributed by atoms with Crippen LogP contribution in [0.2, 0.25) is 0 Å². The van der Waals surface area contributed by atoms with Crippen molar-refractivity contribution in [2.75, 3.05) is 0 Å². The van der Waals surface area contributed by atoms with Crippen LogP contribution in [0.1, 0.15) is 30.9 Å². The molecule has 1 aromatic rings. The zero-order valence-electron chi connectivity index (χ0n) is 8.66. The van der Waals surface area contributed by atoms with Gasteiger partial charge in [-0.25, -0.2) is 0 Å². The minimum Gasteiger partial charge on any atom is -0.324 e. The lowest BCUT2D eigenvalue weighted by molar-refractivity contribution is 0.782. The van der Waals surface area contributed by atoms with Crippen LogP contribution in [0.4, 0.5) is 0 Å².